The van der Waals surface area contributed by atoms with Crippen LogP contribution in [-0.4, -0.2) is 40.4 Å². The molecule has 2 aliphatic heterocycles. The highest BCUT2D eigenvalue weighted by atomic mass is 15.2. The van der Waals surface area contributed by atoms with Gasteiger partial charge in [0.15, 0.2) is 5.82 Å². The van der Waals surface area contributed by atoms with Crippen molar-refractivity contribution in [3.05, 3.63) is 72.8 Å². The van der Waals surface area contributed by atoms with Crippen LogP contribution in [0.25, 0.3) is 11.4 Å². The van der Waals surface area contributed by atoms with Crippen LogP contribution < -0.4 is 10.2 Å². The lowest BCUT2D eigenvalue weighted by molar-refractivity contribution is 0.495. The lowest BCUT2D eigenvalue weighted by Gasteiger charge is -2.33. The Bertz CT molecular complexity index is 963. The van der Waals surface area contributed by atoms with E-state index in [1.165, 1.54) is 5.69 Å². The Morgan fingerprint density at radius 1 is 0.897 bits per heavy atom. The van der Waals surface area contributed by atoms with Gasteiger partial charge in [-0.15, -0.1) is 0 Å². The number of hydrogen-bond acceptors (Lipinski definition) is 6. The van der Waals surface area contributed by atoms with Crippen LogP contribution in [0.1, 0.15) is 24.4 Å². The van der Waals surface area contributed by atoms with Gasteiger partial charge in [-0.2, -0.15) is 0 Å². The number of rotatable bonds is 4. The third kappa shape index (κ3) is 3.83. The molecule has 1 atom stereocenters. The minimum absolute atomic E-state index is 0.103. The van der Waals surface area contributed by atoms with Gasteiger partial charge >= 0.3 is 0 Å². The van der Waals surface area contributed by atoms with Crippen molar-refractivity contribution in [1.29, 1.82) is 0 Å². The molecule has 0 amide bonds. The summed E-state index contributed by atoms with van der Waals surface area (Å²) in [5.41, 5.74) is 3.31. The third-order valence-corrected chi connectivity index (χ3v) is 5.75. The number of anilines is 1. The van der Waals surface area contributed by atoms with Gasteiger partial charge in [0.25, 0.3) is 0 Å². The number of nitrogens with one attached hydrogen (secondary N) is 1. The van der Waals surface area contributed by atoms with Crippen LogP contribution in [0.4, 0.5) is 5.69 Å². The first-order chi connectivity index (χ1) is 14.4. The summed E-state index contributed by atoms with van der Waals surface area (Å²) in [5, 5.41) is 3.54. The van der Waals surface area contributed by atoms with Gasteiger partial charge in [0.1, 0.15) is 5.84 Å². The molecule has 1 unspecified atom stereocenters. The van der Waals surface area contributed by atoms with Gasteiger partial charge in [-0.1, -0.05) is 30.3 Å². The summed E-state index contributed by atoms with van der Waals surface area (Å²) in [7, 11) is 0. The monoisotopic (exact) mass is 384 g/mol. The summed E-state index contributed by atoms with van der Waals surface area (Å²) in [4.78, 5) is 20.7. The predicted molar refractivity (Wildman–Crippen MR) is 115 cm³/mol. The molecule has 0 spiro atoms. The van der Waals surface area contributed by atoms with E-state index < -0.39 is 0 Å². The standard InChI is InChI=1S/C23H24N6/c1-2-5-17(6-3-1)22-25-13-19(14-26-22)21-16-27-23(28-21)18-8-11-29(12-9-18)20-7-4-10-24-15-20/h1-7,10,13-15,18,21H,8-9,11-12,16H2,(H,27,28). The van der Waals surface area contributed by atoms with E-state index in [1.54, 1.807) is 0 Å². The van der Waals surface area contributed by atoms with E-state index >= 15 is 0 Å². The second-order valence-electron chi connectivity index (χ2n) is 7.59. The maximum atomic E-state index is 4.98. The van der Waals surface area contributed by atoms with Crippen LogP contribution in [-0.2, 0) is 0 Å². The summed E-state index contributed by atoms with van der Waals surface area (Å²) in [6, 6.07) is 14.3. The Labute approximate surface area is 170 Å². The molecule has 5 rings (SSSR count). The highest BCUT2D eigenvalue weighted by Gasteiger charge is 2.28. The average molecular weight is 384 g/mol. The van der Waals surface area contributed by atoms with Crippen LogP contribution in [0.15, 0.2) is 72.2 Å². The molecule has 1 saturated heterocycles. The van der Waals surface area contributed by atoms with Crippen molar-refractivity contribution in [2.45, 2.75) is 18.9 Å². The zero-order valence-electron chi connectivity index (χ0n) is 16.3. The second kappa shape index (κ2) is 7.99. The molecule has 146 valence electrons. The Morgan fingerprint density at radius 3 is 2.41 bits per heavy atom. The van der Waals surface area contributed by atoms with Crippen LogP contribution >= 0.6 is 0 Å². The molecule has 6 heteroatoms. The van der Waals surface area contributed by atoms with Crippen molar-refractivity contribution < 1.29 is 0 Å². The number of amidine groups is 1. The lowest BCUT2D eigenvalue weighted by Crippen LogP contribution is -2.39. The van der Waals surface area contributed by atoms with Gasteiger partial charge in [-0.25, -0.2) is 9.97 Å². The van der Waals surface area contributed by atoms with Crippen molar-refractivity contribution in [2.24, 2.45) is 10.9 Å². The number of nitrogens with zero attached hydrogens (tertiary/aromatic N) is 5. The summed E-state index contributed by atoms with van der Waals surface area (Å²) in [6.45, 7) is 2.90. The fourth-order valence-corrected chi connectivity index (χ4v) is 4.10. The van der Waals surface area contributed by atoms with E-state index in [1.807, 2.05) is 61.2 Å². The third-order valence-electron chi connectivity index (χ3n) is 5.75. The maximum Gasteiger partial charge on any atom is 0.159 e. The van der Waals surface area contributed by atoms with Crippen molar-refractivity contribution in [2.75, 3.05) is 24.5 Å². The minimum Gasteiger partial charge on any atom is -0.371 e. The lowest BCUT2D eigenvalue weighted by atomic mass is 9.95. The van der Waals surface area contributed by atoms with Gasteiger partial charge in [-0.05, 0) is 25.0 Å². The molecule has 0 radical (unpaired) electrons. The van der Waals surface area contributed by atoms with Gasteiger partial charge < -0.3 is 10.2 Å². The molecule has 1 N–H and O–H groups in total. The zero-order chi connectivity index (χ0) is 19.5. The molecule has 0 saturated carbocycles. The normalized spacial score (nSPS) is 19.7. The van der Waals surface area contributed by atoms with E-state index in [9.17, 15) is 0 Å². The van der Waals surface area contributed by atoms with E-state index in [0.717, 1.165) is 55.3 Å². The zero-order valence-corrected chi connectivity index (χ0v) is 16.3. The topological polar surface area (TPSA) is 66.3 Å². The van der Waals surface area contributed by atoms with Gasteiger partial charge in [0.05, 0.1) is 17.9 Å². The second-order valence-corrected chi connectivity index (χ2v) is 7.59. The molecular weight excluding hydrogens is 360 g/mol. The van der Waals surface area contributed by atoms with Crippen molar-refractivity contribution in [3.63, 3.8) is 0 Å². The summed E-state index contributed by atoms with van der Waals surface area (Å²) >= 11 is 0. The maximum absolute atomic E-state index is 4.98. The molecule has 2 aromatic heterocycles. The molecule has 0 aliphatic carbocycles. The molecule has 4 heterocycles. The van der Waals surface area contributed by atoms with Gasteiger partial charge in [0, 0.05) is 55.3 Å². The van der Waals surface area contributed by atoms with E-state index in [-0.39, 0.29) is 6.04 Å². The first-order valence-corrected chi connectivity index (χ1v) is 10.2. The van der Waals surface area contributed by atoms with Crippen LogP contribution in [0.3, 0.4) is 0 Å². The first kappa shape index (κ1) is 17.8. The Hall–Kier alpha value is -3.28. The van der Waals surface area contributed by atoms with E-state index in [4.69, 9.17) is 4.99 Å². The SMILES string of the molecule is c1ccc(-c2ncc(C3CNC(C4CCN(c5cccnc5)CC4)=N3)cn2)cc1. The Kier molecular flexibility index (Phi) is 4.90. The number of aromatic nitrogens is 3. The van der Waals surface area contributed by atoms with E-state index in [2.05, 4.69) is 31.2 Å². The van der Waals surface area contributed by atoms with Crippen molar-refractivity contribution in [1.82, 2.24) is 20.3 Å². The Morgan fingerprint density at radius 2 is 1.69 bits per heavy atom. The van der Waals surface area contributed by atoms with Crippen LogP contribution in [0.2, 0.25) is 0 Å². The summed E-state index contributed by atoms with van der Waals surface area (Å²) in [6.07, 6.45) is 9.82. The number of aliphatic imine (C=N–C) groups is 1. The number of piperidine rings is 1. The quantitative estimate of drug-likeness (QED) is 0.746. The molecule has 29 heavy (non-hydrogen) atoms. The van der Waals surface area contributed by atoms with Crippen molar-refractivity contribution >= 4 is 11.5 Å². The highest BCUT2D eigenvalue weighted by molar-refractivity contribution is 5.86. The van der Waals surface area contributed by atoms with Gasteiger partial charge in [-0.3, -0.25) is 9.98 Å². The minimum atomic E-state index is 0.103. The van der Waals surface area contributed by atoms with Gasteiger partial charge in [0.2, 0.25) is 0 Å². The molecule has 1 fully saturated rings. The molecular formula is C23H24N6. The van der Waals surface area contributed by atoms with Crippen LogP contribution in [0, 0.1) is 5.92 Å². The fourth-order valence-electron chi connectivity index (χ4n) is 4.10. The highest BCUT2D eigenvalue weighted by Crippen LogP contribution is 2.28. The molecule has 6 nitrogen and oxygen atoms in total. The molecule has 0 bridgehead atoms. The van der Waals surface area contributed by atoms with E-state index in [0.29, 0.717) is 5.92 Å². The summed E-state index contributed by atoms with van der Waals surface area (Å²) < 4.78 is 0. The molecule has 1 aromatic carbocycles. The number of benzene rings is 1. The number of pyridine rings is 1. The molecule has 3 aromatic rings. The largest absolute Gasteiger partial charge is 0.371 e. The number of hydrogen-bond donors (Lipinski definition) is 1. The van der Waals surface area contributed by atoms with Crippen molar-refractivity contribution in [3.8, 4) is 11.4 Å². The molecule has 2 aliphatic rings. The summed E-state index contributed by atoms with van der Waals surface area (Å²) in [5.74, 6) is 2.40. The fraction of sp³-hybridized carbons (Fsp3) is 0.304. The predicted octanol–water partition coefficient (Wildman–Crippen LogP) is 3.50. The Balaban J connectivity index is 1.23. The smallest absolute Gasteiger partial charge is 0.159 e. The first-order valence-electron chi connectivity index (χ1n) is 10.2. The average Bonchev–Trinajstić information content (AvgIpc) is 3.31. The van der Waals surface area contributed by atoms with Crippen LogP contribution in [0.5, 0.6) is 0 Å².